The summed E-state index contributed by atoms with van der Waals surface area (Å²) in [5.41, 5.74) is 1.02. The van der Waals surface area contributed by atoms with Crippen LogP contribution in [0.3, 0.4) is 0 Å². The quantitative estimate of drug-likeness (QED) is 0.867. The third-order valence-corrected chi connectivity index (χ3v) is 3.92. The zero-order chi connectivity index (χ0) is 14.4. The molecule has 0 aliphatic carbocycles. The molecule has 1 saturated heterocycles. The molecule has 110 valence electrons. The van der Waals surface area contributed by atoms with Gasteiger partial charge in [-0.1, -0.05) is 18.2 Å². The van der Waals surface area contributed by atoms with Crippen molar-refractivity contribution in [2.45, 2.75) is 32.2 Å². The molecule has 1 amide bonds. The zero-order valence-electron chi connectivity index (χ0n) is 12.3. The van der Waals surface area contributed by atoms with Crippen LogP contribution in [0.25, 0.3) is 0 Å². The molecule has 4 heteroatoms. The number of hydrogen-bond acceptors (Lipinski definition) is 3. The minimum absolute atomic E-state index is 0.0274. The summed E-state index contributed by atoms with van der Waals surface area (Å²) in [7, 11) is 1.66. The number of carbonyl (C=O) groups is 1. The lowest BCUT2D eigenvalue weighted by Gasteiger charge is -2.23. The second-order valence-electron chi connectivity index (χ2n) is 5.43. The number of piperidine rings is 1. The van der Waals surface area contributed by atoms with Gasteiger partial charge in [-0.15, -0.1) is 0 Å². The zero-order valence-corrected chi connectivity index (χ0v) is 12.3. The van der Waals surface area contributed by atoms with E-state index in [0.717, 1.165) is 37.2 Å². The van der Waals surface area contributed by atoms with Crippen LogP contribution in [0.15, 0.2) is 24.3 Å². The first kappa shape index (κ1) is 14.9. The monoisotopic (exact) mass is 276 g/mol. The molecule has 2 rings (SSSR count). The first-order chi connectivity index (χ1) is 9.70. The average molecular weight is 276 g/mol. The highest BCUT2D eigenvalue weighted by molar-refractivity contribution is 5.76. The van der Waals surface area contributed by atoms with E-state index >= 15 is 0 Å². The van der Waals surface area contributed by atoms with Gasteiger partial charge >= 0.3 is 0 Å². The van der Waals surface area contributed by atoms with E-state index in [1.807, 2.05) is 31.2 Å². The van der Waals surface area contributed by atoms with Crippen LogP contribution in [-0.2, 0) is 4.79 Å². The molecule has 1 aromatic carbocycles. The van der Waals surface area contributed by atoms with Crippen molar-refractivity contribution in [3.8, 4) is 5.75 Å². The normalized spacial score (nSPS) is 17.5. The molecule has 1 atom stereocenters. The largest absolute Gasteiger partial charge is 0.496 e. The SMILES string of the molecule is COc1ccccc1[C@H](C)NC(=O)CC1CCNCC1. The van der Waals surface area contributed by atoms with Crippen molar-refractivity contribution in [1.82, 2.24) is 10.6 Å². The molecule has 0 unspecified atom stereocenters. The van der Waals surface area contributed by atoms with E-state index in [9.17, 15) is 4.79 Å². The lowest BCUT2D eigenvalue weighted by molar-refractivity contribution is -0.122. The van der Waals surface area contributed by atoms with Gasteiger partial charge in [-0.3, -0.25) is 4.79 Å². The predicted molar refractivity (Wildman–Crippen MR) is 79.8 cm³/mol. The molecule has 20 heavy (non-hydrogen) atoms. The molecule has 1 aliphatic heterocycles. The summed E-state index contributed by atoms with van der Waals surface area (Å²) in [5.74, 6) is 1.47. The molecule has 1 aromatic rings. The summed E-state index contributed by atoms with van der Waals surface area (Å²) in [5, 5.41) is 6.40. The van der Waals surface area contributed by atoms with Crippen molar-refractivity contribution in [3.05, 3.63) is 29.8 Å². The van der Waals surface area contributed by atoms with Crippen LogP contribution in [-0.4, -0.2) is 26.1 Å². The summed E-state index contributed by atoms with van der Waals surface area (Å²) in [4.78, 5) is 12.1. The van der Waals surface area contributed by atoms with Gasteiger partial charge < -0.3 is 15.4 Å². The number of rotatable bonds is 5. The van der Waals surface area contributed by atoms with Crippen LogP contribution in [0.1, 0.15) is 37.8 Å². The van der Waals surface area contributed by atoms with Crippen molar-refractivity contribution in [2.75, 3.05) is 20.2 Å². The van der Waals surface area contributed by atoms with Gasteiger partial charge in [0, 0.05) is 12.0 Å². The lowest BCUT2D eigenvalue weighted by atomic mass is 9.94. The van der Waals surface area contributed by atoms with Crippen LogP contribution in [0.2, 0.25) is 0 Å². The maximum atomic E-state index is 12.1. The number of nitrogens with one attached hydrogen (secondary N) is 2. The van der Waals surface area contributed by atoms with Gasteiger partial charge in [0.1, 0.15) is 5.75 Å². The van der Waals surface area contributed by atoms with Crippen molar-refractivity contribution >= 4 is 5.91 Å². The van der Waals surface area contributed by atoms with E-state index in [-0.39, 0.29) is 11.9 Å². The number of carbonyl (C=O) groups excluding carboxylic acids is 1. The van der Waals surface area contributed by atoms with Gasteiger partial charge in [0.05, 0.1) is 13.2 Å². The van der Waals surface area contributed by atoms with Crippen LogP contribution in [0.5, 0.6) is 5.75 Å². The Balaban J connectivity index is 1.89. The Morgan fingerprint density at radius 1 is 1.40 bits per heavy atom. The molecule has 0 radical (unpaired) electrons. The second-order valence-corrected chi connectivity index (χ2v) is 5.43. The van der Waals surface area contributed by atoms with Crippen molar-refractivity contribution in [1.29, 1.82) is 0 Å². The molecular formula is C16H24N2O2. The maximum Gasteiger partial charge on any atom is 0.220 e. The number of hydrogen-bond donors (Lipinski definition) is 2. The maximum absolute atomic E-state index is 12.1. The summed E-state index contributed by atoms with van der Waals surface area (Å²) >= 11 is 0. The second kappa shape index (κ2) is 7.29. The summed E-state index contributed by atoms with van der Waals surface area (Å²) < 4.78 is 5.34. The number of amides is 1. The average Bonchev–Trinajstić information content (AvgIpc) is 2.48. The van der Waals surface area contributed by atoms with E-state index in [0.29, 0.717) is 12.3 Å². The Hall–Kier alpha value is -1.55. The Bertz CT molecular complexity index is 442. The number of ether oxygens (including phenoxy) is 1. The molecule has 0 saturated carbocycles. The minimum atomic E-state index is -0.0274. The van der Waals surface area contributed by atoms with Gasteiger partial charge in [-0.05, 0) is 44.8 Å². The third-order valence-electron chi connectivity index (χ3n) is 3.92. The standard InChI is InChI=1S/C16H24N2O2/c1-12(14-5-3-4-6-15(14)20-2)18-16(19)11-13-7-9-17-10-8-13/h3-6,12-13,17H,7-11H2,1-2H3,(H,18,19)/t12-/m0/s1. The fraction of sp³-hybridized carbons (Fsp3) is 0.562. The summed E-state index contributed by atoms with van der Waals surface area (Å²) in [6, 6.07) is 7.79. The van der Waals surface area contributed by atoms with Crippen molar-refractivity contribution < 1.29 is 9.53 Å². The van der Waals surface area contributed by atoms with Gasteiger partial charge in [0.25, 0.3) is 0 Å². The van der Waals surface area contributed by atoms with Crippen LogP contribution in [0, 0.1) is 5.92 Å². The highest BCUT2D eigenvalue weighted by Crippen LogP contribution is 2.25. The van der Waals surface area contributed by atoms with Crippen molar-refractivity contribution in [2.24, 2.45) is 5.92 Å². The molecule has 0 bridgehead atoms. The molecular weight excluding hydrogens is 252 g/mol. The van der Waals surface area contributed by atoms with Crippen LogP contribution >= 0.6 is 0 Å². The highest BCUT2D eigenvalue weighted by atomic mass is 16.5. The third kappa shape index (κ3) is 3.97. The molecule has 1 fully saturated rings. The van der Waals surface area contributed by atoms with Gasteiger partial charge in [-0.25, -0.2) is 0 Å². The molecule has 1 heterocycles. The fourth-order valence-corrected chi connectivity index (χ4v) is 2.75. The minimum Gasteiger partial charge on any atom is -0.496 e. The summed E-state index contributed by atoms with van der Waals surface area (Å²) in [6.45, 7) is 4.05. The van der Waals surface area contributed by atoms with E-state index in [1.54, 1.807) is 7.11 Å². The Morgan fingerprint density at radius 3 is 2.80 bits per heavy atom. The lowest BCUT2D eigenvalue weighted by Crippen LogP contribution is -2.33. The molecule has 0 spiro atoms. The van der Waals surface area contributed by atoms with E-state index in [2.05, 4.69) is 10.6 Å². The fourth-order valence-electron chi connectivity index (χ4n) is 2.75. The Morgan fingerprint density at radius 2 is 2.10 bits per heavy atom. The first-order valence-electron chi connectivity index (χ1n) is 7.33. The van der Waals surface area contributed by atoms with E-state index in [4.69, 9.17) is 4.74 Å². The Kier molecular flexibility index (Phi) is 5.41. The number of para-hydroxylation sites is 1. The topological polar surface area (TPSA) is 50.4 Å². The van der Waals surface area contributed by atoms with Gasteiger partial charge in [-0.2, -0.15) is 0 Å². The van der Waals surface area contributed by atoms with Crippen LogP contribution < -0.4 is 15.4 Å². The Labute approximate surface area is 120 Å². The first-order valence-corrected chi connectivity index (χ1v) is 7.33. The van der Waals surface area contributed by atoms with Crippen LogP contribution in [0.4, 0.5) is 0 Å². The molecule has 0 aromatic heterocycles. The van der Waals surface area contributed by atoms with E-state index < -0.39 is 0 Å². The highest BCUT2D eigenvalue weighted by Gasteiger charge is 2.19. The van der Waals surface area contributed by atoms with Gasteiger partial charge in [0.2, 0.25) is 5.91 Å². The van der Waals surface area contributed by atoms with Gasteiger partial charge in [0.15, 0.2) is 0 Å². The molecule has 4 nitrogen and oxygen atoms in total. The predicted octanol–water partition coefficient (Wildman–Crippen LogP) is 2.26. The number of methoxy groups -OCH3 is 1. The molecule has 2 N–H and O–H groups in total. The molecule has 1 aliphatic rings. The van der Waals surface area contributed by atoms with Crippen molar-refractivity contribution in [3.63, 3.8) is 0 Å². The smallest absolute Gasteiger partial charge is 0.220 e. The number of benzene rings is 1. The summed E-state index contributed by atoms with van der Waals surface area (Å²) in [6.07, 6.45) is 2.81. The van der Waals surface area contributed by atoms with E-state index in [1.165, 1.54) is 0 Å².